The first kappa shape index (κ1) is 19.2. The molecule has 1 saturated heterocycles. The lowest BCUT2D eigenvalue weighted by molar-refractivity contribution is -0.118. The van der Waals surface area contributed by atoms with Crippen molar-refractivity contribution in [2.45, 2.75) is 38.7 Å². The number of hydrogen-bond donors (Lipinski definition) is 1. The van der Waals surface area contributed by atoms with Gasteiger partial charge in [0.1, 0.15) is 18.1 Å². The van der Waals surface area contributed by atoms with Gasteiger partial charge in [0.25, 0.3) is 5.91 Å². The first-order chi connectivity index (χ1) is 13.3. The van der Waals surface area contributed by atoms with Gasteiger partial charge in [0.05, 0.1) is 11.8 Å². The lowest BCUT2D eigenvalue weighted by Crippen LogP contribution is -2.26. The molecule has 0 saturated carbocycles. The lowest BCUT2D eigenvalue weighted by atomic mass is 10.1. The van der Waals surface area contributed by atoms with Crippen molar-refractivity contribution in [1.82, 2.24) is 0 Å². The highest BCUT2D eigenvalue weighted by Crippen LogP contribution is 2.25. The van der Waals surface area contributed by atoms with E-state index in [0.717, 1.165) is 37.2 Å². The SMILES string of the molecule is CCc1ccccc1OCC(=O)Nc1ccccc1OCC1CCCCO1. The number of para-hydroxylation sites is 3. The summed E-state index contributed by atoms with van der Waals surface area (Å²) >= 11 is 0. The number of ether oxygens (including phenoxy) is 3. The zero-order chi connectivity index (χ0) is 18.9. The van der Waals surface area contributed by atoms with Crippen LogP contribution in [0, 0.1) is 0 Å². The molecule has 0 spiro atoms. The molecule has 0 aromatic heterocycles. The minimum Gasteiger partial charge on any atom is -0.489 e. The summed E-state index contributed by atoms with van der Waals surface area (Å²) in [6, 6.07) is 15.2. The molecule has 1 aliphatic rings. The van der Waals surface area contributed by atoms with E-state index in [9.17, 15) is 4.79 Å². The van der Waals surface area contributed by atoms with Gasteiger partial charge in [-0.05, 0) is 49.4 Å². The monoisotopic (exact) mass is 369 g/mol. The van der Waals surface area contributed by atoms with Gasteiger partial charge in [-0.3, -0.25) is 4.79 Å². The third kappa shape index (κ3) is 5.73. The van der Waals surface area contributed by atoms with Gasteiger partial charge >= 0.3 is 0 Å². The molecule has 0 radical (unpaired) electrons. The smallest absolute Gasteiger partial charge is 0.262 e. The van der Waals surface area contributed by atoms with Crippen LogP contribution >= 0.6 is 0 Å². The number of rotatable bonds is 8. The van der Waals surface area contributed by atoms with Gasteiger partial charge in [-0.2, -0.15) is 0 Å². The molecule has 0 aliphatic carbocycles. The molecule has 1 fully saturated rings. The van der Waals surface area contributed by atoms with Crippen molar-refractivity contribution in [2.24, 2.45) is 0 Å². The minimum atomic E-state index is -0.217. The first-order valence-corrected chi connectivity index (χ1v) is 9.60. The summed E-state index contributed by atoms with van der Waals surface area (Å²) in [4.78, 5) is 12.3. The van der Waals surface area contributed by atoms with Crippen LogP contribution < -0.4 is 14.8 Å². The fourth-order valence-electron chi connectivity index (χ4n) is 3.08. The quantitative estimate of drug-likeness (QED) is 0.757. The molecule has 5 heteroatoms. The van der Waals surface area contributed by atoms with Gasteiger partial charge in [-0.25, -0.2) is 0 Å². The molecule has 1 amide bonds. The molecule has 1 N–H and O–H groups in total. The Hall–Kier alpha value is -2.53. The molecule has 3 rings (SSSR count). The summed E-state index contributed by atoms with van der Waals surface area (Å²) in [5.74, 6) is 1.17. The predicted molar refractivity (Wildman–Crippen MR) is 105 cm³/mol. The average molecular weight is 369 g/mol. The summed E-state index contributed by atoms with van der Waals surface area (Å²) < 4.78 is 17.3. The molecule has 1 aliphatic heterocycles. The second-order valence-electron chi connectivity index (χ2n) is 6.59. The van der Waals surface area contributed by atoms with Crippen molar-refractivity contribution in [1.29, 1.82) is 0 Å². The van der Waals surface area contributed by atoms with Crippen molar-refractivity contribution in [2.75, 3.05) is 25.1 Å². The van der Waals surface area contributed by atoms with Crippen LogP contribution in [0.4, 0.5) is 5.69 Å². The van der Waals surface area contributed by atoms with E-state index >= 15 is 0 Å². The molecular formula is C22H27NO4. The van der Waals surface area contributed by atoms with E-state index in [4.69, 9.17) is 14.2 Å². The van der Waals surface area contributed by atoms with Gasteiger partial charge in [0.2, 0.25) is 0 Å². The Morgan fingerprint density at radius 3 is 2.63 bits per heavy atom. The zero-order valence-electron chi connectivity index (χ0n) is 15.8. The molecule has 1 unspecified atom stereocenters. The number of hydrogen-bond acceptors (Lipinski definition) is 4. The maximum absolute atomic E-state index is 12.3. The third-order valence-corrected chi connectivity index (χ3v) is 4.57. The van der Waals surface area contributed by atoms with Crippen molar-refractivity contribution in [3.8, 4) is 11.5 Å². The summed E-state index contributed by atoms with van der Waals surface area (Å²) in [6.07, 6.45) is 4.28. The Kier molecular flexibility index (Phi) is 7.11. The fraction of sp³-hybridized carbons (Fsp3) is 0.409. The molecule has 0 bridgehead atoms. The summed E-state index contributed by atoms with van der Waals surface area (Å²) in [5.41, 5.74) is 1.73. The second-order valence-corrected chi connectivity index (χ2v) is 6.59. The van der Waals surface area contributed by atoms with Crippen LogP contribution in [0.5, 0.6) is 11.5 Å². The van der Waals surface area contributed by atoms with Gasteiger partial charge in [-0.15, -0.1) is 0 Å². The molecule has 5 nitrogen and oxygen atoms in total. The zero-order valence-corrected chi connectivity index (χ0v) is 15.8. The number of carbonyl (C=O) groups is 1. The molecular weight excluding hydrogens is 342 g/mol. The van der Waals surface area contributed by atoms with E-state index in [1.807, 2.05) is 48.5 Å². The van der Waals surface area contributed by atoms with Crippen molar-refractivity contribution >= 4 is 11.6 Å². The Balaban J connectivity index is 1.54. The molecule has 27 heavy (non-hydrogen) atoms. The van der Waals surface area contributed by atoms with Gasteiger partial charge in [0, 0.05) is 6.61 Å². The minimum absolute atomic E-state index is 0.0446. The van der Waals surface area contributed by atoms with Gasteiger partial charge in [-0.1, -0.05) is 37.3 Å². The number of benzene rings is 2. The van der Waals surface area contributed by atoms with Gasteiger partial charge in [0.15, 0.2) is 6.61 Å². The number of carbonyl (C=O) groups excluding carboxylic acids is 1. The lowest BCUT2D eigenvalue weighted by Gasteiger charge is -2.23. The molecule has 2 aromatic rings. The Morgan fingerprint density at radius 1 is 1.07 bits per heavy atom. The van der Waals surface area contributed by atoms with E-state index in [0.29, 0.717) is 18.0 Å². The van der Waals surface area contributed by atoms with E-state index in [1.165, 1.54) is 6.42 Å². The number of aryl methyl sites for hydroxylation is 1. The maximum Gasteiger partial charge on any atom is 0.262 e. The topological polar surface area (TPSA) is 56.8 Å². The van der Waals surface area contributed by atoms with E-state index < -0.39 is 0 Å². The van der Waals surface area contributed by atoms with Crippen LogP contribution in [0.3, 0.4) is 0 Å². The number of amides is 1. The van der Waals surface area contributed by atoms with E-state index in [1.54, 1.807) is 0 Å². The van der Waals surface area contributed by atoms with Crippen LogP contribution in [-0.2, 0) is 16.0 Å². The number of nitrogens with one attached hydrogen (secondary N) is 1. The Bertz CT molecular complexity index is 741. The highest BCUT2D eigenvalue weighted by Gasteiger charge is 2.16. The molecule has 1 heterocycles. The normalized spacial score (nSPS) is 16.6. The molecule has 2 aromatic carbocycles. The van der Waals surface area contributed by atoms with Gasteiger partial charge < -0.3 is 19.5 Å². The summed E-state index contributed by atoms with van der Waals surface area (Å²) in [6.45, 7) is 3.30. The maximum atomic E-state index is 12.3. The second kappa shape index (κ2) is 9.97. The molecule has 144 valence electrons. The van der Waals surface area contributed by atoms with Crippen molar-refractivity contribution in [3.05, 3.63) is 54.1 Å². The van der Waals surface area contributed by atoms with Crippen LogP contribution in [-0.4, -0.2) is 31.8 Å². The summed E-state index contributed by atoms with van der Waals surface area (Å²) in [5, 5.41) is 2.88. The predicted octanol–water partition coefficient (Wildman–Crippen LogP) is 4.21. The summed E-state index contributed by atoms with van der Waals surface area (Å²) in [7, 11) is 0. The van der Waals surface area contributed by atoms with Crippen LogP contribution in [0.1, 0.15) is 31.7 Å². The van der Waals surface area contributed by atoms with E-state index in [2.05, 4.69) is 12.2 Å². The highest BCUT2D eigenvalue weighted by atomic mass is 16.5. The Morgan fingerprint density at radius 2 is 1.85 bits per heavy atom. The van der Waals surface area contributed by atoms with Crippen molar-refractivity contribution in [3.63, 3.8) is 0 Å². The van der Waals surface area contributed by atoms with Crippen molar-refractivity contribution < 1.29 is 19.0 Å². The third-order valence-electron chi connectivity index (χ3n) is 4.57. The van der Waals surface area contributed by atoms with Crippen LogP contribution in [0.2, 0.25) is 0 Å². The highest BCUT2D eigenvalue weighted by molar-refractivity contribution is 5.93. The first-order valence-electron chi connectivity index (χ1n) is 9.60. The number of anilines is 1. The van der Waals surface area contributed by atoms with Crippen LogP contribution in [0.25, 0.3) is 0 Å². The Labute approximate surface area is 160 Å². The van der Waals surface area contributed by atoms with E-state index in [-0.39, 0.29) is 18.6 Å². The van der Waals surface area contributed by atoms with Crippen LogP contribution in [0.15, 0.2) is 48.5 Å². The largest absolute Gasteiger partial charge is 0.489 e. The fourth-order valence-corrected chi connectivity index (χ4v) is 3.08. The average Bonchev–Trinajstić information content (AvgIpc) is 2.72. The standard InChI is InChI=1S/C22H27NO4/c1-2-17-9-3-5-12-20(17)27-16-22(24)23-19-11-4-6-13-21(19)26-15-18-10-7-8-14-25-18/h3-6,9,11-13,18H,2,7-8,10,14-16H2,1H3,(H,23,24). The molecule has 1 atom stereocenters.